The monoisotopic (exact) mass is 387 g/mol. The average Bonchev–Trinajstić information content (AvgIpc) is 2.42. The van der Waals surface area contributed by atoms with Gasteiger partial charge < -0.3 is 10.5 Å². The third kappa shape index (κ3) is 3.55. The van der Waals surface area contributed by atoms with Gasteiger partial charge >= 0.3 is 0 Å². The minimum Gasteiger partial charge on any atom is -0.489 e. The van der Waals surface area contributed by atoms with E-state index in [1.807, 2.05) is 24.3 Å². The van der Waals surface area contributed by atoms with E-state index in [9.17, 15) is 4.39 Å². The van der Waals surface area contributed by atoms with Gasteiger partial charge in [-0.25, -0.2) is 4.39 Å². The van der Waals surface area contributed by atoms with E-state index >= 15 is 0 Å². The van der Waals surface area contributed by atoms with Gasteiger partial charge in [0.25, 0.3) is 0 Å². The Bertz CT molecular complexity index is 590. The zero-order valence-corrected chi connectivity index (χ0v) is 13.2. The molecule has 2 aromatic carbocycles. The van der Waals surface area contributed by atoms with Gasteiger partial charge in [0, 0.05) is 16.6 Å². The standard InChI is InChI=1S/C14H12Br2FNO/c15-12-5-4-11(6-10(12)7-18)19-8-9-2-1-3-13(17)14(9)16/h1-6H,7-8,18H2. The van der Waals surface area contributed by atoms with Gasteiger partial charge in [-0.2, -0.15) is 0 Å². The maximum absolute atomic E-state index is 13.4. The summed E-state index contributed by atoms with van der Waals surface area (Å²) in [5.74, 6) is 0.416. The molecule has 0 saturated heterocycles. The third-order valence-corrected chi connectivity index (χ3v) is 4.32. The second kappa shape index (κ2) is 6.50. The van der Waals surface area contributed by atoms with E-state index < -0.39 is 0 Å². The van der Waals surface area contributed by atoms with Crippen molar-refractivity contribution in [1.29, 1.82) is 0 Å². The zero-order valence-electron chi connectivity index (χ0n) is 10.00. The van der Waals surface area contributed by atoms with Crippen molar-refractivity contribution in [2.24, 2.45) is 5.73 Å². The number of rotatable bonds is 4. The van der Waals surface area contributed by atoms with Gasteiger partial charge in [0.2, 0.25) is 0 Å². The number of halogens is 3. The molecule has 2 nitrogen and oxygen atoms in total. The highest BCUT2D eigenvalue weighted by Gasteiger charge is 2.06. The van der Waals surface area contributed by atoms with Crippen molar-refractivity contribution in [3.05, 3.63) is 62.3 Å². The van der Waals surface area contributed by atoms with Crippen molar-refractivity contribution in [3.63, 3.8) is 0 Å². The van der Waals surface area contributed by atoms with Gasteiger partial charge in [-0.1, -0.05) is 28.1 Å². The first kappa shape index (κ1) is 14.5. The predicted molar refractivity (Wildman–Crippen MR) is 80.5 cm³/mol. The number of nitrogens with two attached hydrogens (primary N) is 1. The molecule has 2 rings (SSSR count). The summed E-state index contributed by atoms with van der Waals surface area (Å²) in [6.45, 7) is 0.728. The van der Waals surface area contributed by atoms with Crippen LogP contribution in [0.1, 0.15) is 11.1 Å². The van der Waals surface area contributed by atoms with Gasteiger partial charge in [-0.05, 0) is 45.8 Å². The van der Waals surface area contributed by atoms with Gasteiger partial charge in [0.15, 0.2) is 0 Å². The summed E-state index contributed by atoms with van der Waals surface area (Å²) in [4.78, 5) is 0. The van der Waals surface area contributed by atoms with E-state index in [2.05, 4.69) is 31.9 Å². The van der Waals surface area contributed by atoms with Crippen LogP contribution in [0, 0.1) is 5.82 Å². The summed E-state index contributed by atoms with van der Waals surface area (Å²) in [6.07, 6.45) is 0. The molecule has 0 atom stereocenters. The lowest BCUT2D eigenvalue weighted by Gasteiger charge is -2.10. The molecular formula is C14H12Br2FNO. The van der Waals surface area contributed by atoms with E-state index in [1.54, 1.807) is 6.07 Å². The van der Waals surface area contributed by atoms with Crippen molar-refractivity contribution in [2.75, 3.05) is 0 Å². The number of ether oxygens (including phenoxy) is 1. The molecule has 0 bridgehead atoms. The van der Waals surface area contributed by atoms with Gasteiger partial charge in [0.05, 0.1) is 4.47 Å². The summed E-state index contributed by atoms with van der Waals surface area (Å²) in [7, 11) is 0. The molecule has 0 amide bonds. The largest absolute Gasteiger partial charge is 0.489 e. The van der Waals surface area contributed by atoms with Gasteiger partial charge in [-0.15, -0.1) is 0 Å². The quantitative estimate of drug-likeness (QED) is 0.842. The molecule has 0 fully saturated rings. The summed E-state index contributed by atoms with van der Waals surface area (Å²) in [6, 6.07) is 10.5. The van der Waals surface area contributed by atoms with E-state index in [0.29, 0.717) is 23.4 Å². The maximum atomic E-state index is 13.4. The van der Waals surface area contributed by atoms with Crippen LogP contribution in [0.5, 0.6) is 5.75 Å². The summed E-state index contributed by atoms with van der Waals surface area (Å²) >= 11 is 6.63. The minimum absolute atomic E-state index is 0.292. The molecule has 0 aliphatic heterocycles. The predicted octanol–water partition coefficient (Wildman–Crippen LogP) is 4.39. The van der Waals surface area contributed by atoms with Crippen LogP contribution < -0.4 is 10.5 Å². The van der Waals surface area contributed by atoms with E-state index in [-0.39, 0.29) is 5.82 Å². The highest BCUT2D eigenvalue weighted by molar-refractivity contribution is 9.10. The molecule has 2 N–H and O–H groups in total. The molecule has 19 heavy (non-hydrogen) atoms. The molecule has 2 aromatic rings. The molecular weight excluding hydrogens is 377 g/mol. The molecule has 0 unspecified atom stereocenters. The Morgan fingerprint density at radius 1 is 1.11 bits per heavy atom. The van der Waals surface area contributed by atoms with Crippen LogP contribution in [-0.2, 0) is 13.2 Å². The SMILES string of the molecule is NCc1cc(OCc2cccc(F)c2Br)ccc1Br. The molecule has 0 radical (unpaired) electrons. The fraction of sp³-hybridized carbons (Fsp3) is 0.143. The van der Waals surface area contributed by atoms with Gasteiger partial charge in [-0.3, -0.25) is 0 Å². The van der Waals surface area contributed by atoms with Crippen molar-refractivity contribution in [1.82, 2.24) is 0 Å². The zero-order chi connectivity index (χ0) is 13.8. The fourth-order valence-electron chi connectivity index (χ4n) is 1.62. The number of hydrogen-bond donors (Lipinski definition) is 1. The van der Waals surface area contributed by atoms with Crippen molar-refractivity contribution < 1.29 is 9.13 Å². The van der Waals surface area contributed by atoms with E-state index in [0.717, 1.165) is 15.6 Å². The Kier molecular flexibility index (Phi) is 4.96. The first-order valence-corrected chi connectivity index (χ1v) is 7.24. The Labute approximate surface area is 128 Å². The van der Waals surface area contributed by atoms with Crippen LogP contribution in [0.3, 0.4) is 0 Å². The van der Waals surface area contributed by atoms with Crippen LogP contribution >= 0.6 is 31.9 Å². The number of benzene rings is 2. The first-order valence-electron chi connectivity index (χ1n) is 5.66. The Balaban J connectivity index is 2.12. The molecule has 0 spiro atoms. The van der Waals surface area contributed by atoms with Crippen LogP contribution in [0.15, 0.2) is 45.3 Å². The fourth-order valence-corrected chi connectivity index (χ4v) is 2.41. The normalized spacial score (nSPS) is 10.5. The van der Waals surface area contributed by atoms with Crippen LogP contribution in [-0.4, -0.2) is 0 Å². The Hall–Kier alpha value is -0.910. The highest BCUT2D eigenvalue weighted by Crippen LogP contribution is 2.25. The van der Waals surface area contributed by atoms with Crippen molar-refractivity contribution in [2.45, 2.75) is 13.2 Å². The summed E-state index contributed by atoms with van der Waals surface area (Å²) in [5.41, 5.74) is 7.36. The molecule has 0 aromatic heterocycles. The first-order chi connectivity index (χ1) is 9.11. The topological polar surface area (TPSA) is 35.2 Å². The third-order valence-electron chi connectivity index (χ3n) is 2.66. The lowest BCUT2D eigenvalue weighted by molar-refractivity contribution is 0.304. The minimum atomic E-state index is -0.292. The van der Waals surface area contributed by atoms with Gasteiger partial charge in [0.1, 0.15) is 18.2 Å². The maximum Gasteiger partial charge on any atom is 0.137 e. The Morgan fingerprint density at radius 2 is 1.89 bits per heavy atom. The molecule has 5 heteroatoms. The van der Waals surface area contributed by atoms with E-state index in [1.165, 1.54) is 6.07 Å². The molecule has 100 valence electrons. The molecule has 0 aliphatic carbocycles. The summed E-state index contributed by atoms with van der Waals surface area (Å²) in [5, 5.41) is 0. The lowest BCUT2D eigenvalue weighted by atomic mass is 10.2. The van der Waals surface area contributed by atoms with Crippen LogP contribution in [0.4, 0.5) is 4.39 Å². The van der Waals surface area contributed by atoms with Crippen molar-refractivity contribution in [3.8, 4) is 5.75 Å². The smallest absolute Gasteiger partial charge is 0.137 e. The van der Waals surface area contributed by atoms with Crippen LogP contribution in [0.25, 0.3) is 0 Å². The second-order valence-electron chi connectivity index (χ2n) is 3.96. The molecule has 0 saturated carbocycles. The Morgan fingerprint density at radius 3 is 2.63 bits per heavy atom. The number of hydrogen-bond acceptors (Lipinski definition) is 2. The van der Waals surface area contributed by atoms with E-state index in [4.69, 9.17) is 10.5 Å². The lowest BCUT2D eigenvalue weighted by Crippen LogP contribution is -2.01. The van der Waals surface area contributed by atoms with Crippen LogP contribution in [0.2, 0.25) is 0 Å². The molecule has 0 aliphatic rings. The molecule has 0 heterocycles. The summed E-state index contributed by atoms with van der Waals surface area (Å²) < 4.78 is 20.4. The second-order valence-corrected chi connectivity index (χ2v) is 5.61. The van der Waals surface area contributed by atoms with Crippen molar-refractivity contribution >= 4 is 31.9 Å². The highest BCUT2D eigenvalue weighted by atomic mass is 79.9. The average molecular weight is 389 g/mol.